The first-order chi connectivity index (χ1) is 7.45. The smallest absolute Gasteiger partial charge is 0.308 e. The molecule has 1 heterocycles. The van der Waals surface area contributed by atoms with Gasteiger partial charge in [-0.2, -0.15) is 0 Å². The van der Waals surface area contributed by atoms with Crippen LogP contribution in [0.1, 0.15) is 17.7 Å². The normalized spacial score (nSPS) is 10.6. The Hall–Kier alpha value is -1.24. The van der Waals surface area contributed by atoms with E-state index in [2.05, 4.69) is 20.9 Å². The van der Waals surface area contributed by atoms with Gasteiger partial charge in [0.1, 0.15) is 16.0 Å². The van der Waals surface area contributed by atoms with Gasteiger partial charge in [0.2, 0.25) is 0 Å². The molecule has 0 saturated carbocycles. The lowest BCUT2D eigenvalue weighted by Gasteiger charge is -2.10. The highest BCUT2D eigenvalue weighted by atomic mass is 79.9. The van der Waals surface area contributed by atoms with Crippen molar-refractivity contribution >= 4 is 21.9 Å². The minimum absolute atomic E-state index is 0.0598. The van der Waals surface area contributed by atoms with Gasteiger partial charge in [0.15, 0.2) is 0 Å². The molecule has 7 heteroatoms. The van der Waals surface area contributed by atoms with E-state index in [0.717, 1.165) is 6.07 Å². The Balaban J connectivity index is 3.22. The average Bonchev–Trinajstić information content (AvgIpc) is 2.19. The quantitative estimate of drug-likeness (QED) is 0.867. The number of aliphatic carboxylic acids is 1. The maximum absolute atomic E-state index is 12.4. The fraction of sp³-hybridized carbons (Fsp3) is 0.333. The first kappa shape index (κ1) is 12.8. The van der Waals surface area contributed by atoms with Gasteiger partial charge in [0.05, 0.1) is 13.5 Å². The number of alkyl halides is 2. The highest BCUT2D eigenvalue weighted by Gasteiger charge is 2.18. The lowest BCUT2D eigenvalue weighted by molar-refractivity contribution is -0.136. The zero-order valence-electron chi connectivity index (χ0n) is 8.21. The Labute approximate surface area is 98.4 Å². The molecule has 0 radical (unpaired) electrons. The van der Waals surface area contributed by atoms with Crippen LogP contribution in [0.25, 0.3) is 0 Å². The van der Waals surface area contributed by atoms with Gasteiger partial charge < -0.3 is 9.84 Å². The third-order valence-corrected chi connectivity index (χ3v) is 2.48. The molecular formula is C9H8BrF2NO3. The second-order valence-electron chi connectivity index (χ2n) is 2.89. The second kappa shape index (κ2) is 5.20. The summed E-state index contributed by atoms with van der Waals surface area (Å²) in [5.41, 5.74) is -0.225. The number of nitrogens with zero attached hydrogens (tertiary/aromatic N) is 1. The number of aromatic nitrogens is 1. The van der Waals surface area contributed by atoms with E-state index < -0.39 is 18.1 Å². The van der Waals surface area contributed by atoms with Crippen molar-refractivity contribution in [2.24, 2.45) is 0 Å². The minimum Gasteiger partial charge on any atom is -0.496 e. The summed E-state index contributed by atoms with van der Waals surface area (Å²) in [4.78, 5) is 14.1. The molecule has 0 unspecified atom stereocenters. The summed E-state index contributed by atoms with van der Waals surface area (Å²) < 4.78 is 29.7. The van der Waals surface area contributed by atoms with Crippen LogP contribution >= 0.6 is 15.9 Å². The first-order valence-electron chi connectivity index (χ1n) is 4.19. The van der Waals surface area contributed by atoms with Gasteiger partial charge in [-0.1, -0.05) is 0 Å². The Morgan fingerprint density at radius 2 is 2.31 bits per heavy atom. The molecule has 88 valence electrons. The Bertz CT molecular complexity index is 412. The van der Waals surface area contributed by atoms with Gasteiger partial charge in [-0.25, -0.2) is 13.8 Å². The molecule has 0 aliphatic carbocycles. The topological polar surface area (TPSA) is 59.4 Å². The summed E-state index contributed by atoms with van der Waals surface area (Å²) >= 11 is 2.95. The van der Waals surface area contributed by atoms with Crippen molar-refractivity contribution in [2.45, 2.75) is 12.8 Å². The van der Waals surface area contributed by atoms with Crippen LogP contribution in [0.5, 0.6) is 5.75 Å². The van der Waals surface area contributed by atoms with Crippen molar-refractivity contribution in [3.05, 3.63) is 21.9 Å². The van der Waals surface area contributed by atoms with E-state index in [0.29, 0.717) is 0 Å². The zero-order valence-corrected chi connectivity index (χ0v) is 9.79. The van der Waals surface area contributed by atoms with E-state index in [4.69, 9.17) is 9.84 Å². The van der Waals surface area contributed by atoms with Crippen LogP contribution in [0.15, 0.2) is 10.7 Å². The lowest BCUT2D eigenvalue weighted by Crippen LogP contribution is -2.06. The van der Waals surface area contributed by atoms with Crippen molar-refractivity contribution in [2.75, 3.05) is 7.11 Å². The molecule has 1 aromatic rings. The van der Waals surface area contributed by atoms with Crippen molar-refractivity contribution in [3.63, 3.8) is 0 Å². The van der Waals surface area contributed by atoms with Crippen LogP contribution in [0.2, 0.25) is 0 Å². The predicted molar refractivity (Wildman–Crippen MR) is 54.8 cm³/mol. The number of carboxylic acids is 1. The fourth-order valence-electron chi connectivity index (χ4n) is 1.14. The summed E-state index contributed by atoms with van der Waals surface area (Å²) in [7, 11) is 1.28. The van der Waals surface area contributed by atoms with Gasteiger partial charge in [0, 0.05) is 11.6 Å². The molecular weight excluding hydrogens is 288 g/mol. The predicted octanol–water partition coefficient (Wildman–Crippen LogP) is 2.42. The second-order valence-corrected chi connectivity index (χ2v) is 3.64. The molecule has 0 atom stereocenters. The van der Waals surface area contributed by atoms with Crippen LogP contribution in [-0.2, 0) is 11.2 Å². The number of pyridine rings is 1. The molecule has 1 N–H and O–H groups in total. The van der Waals surface area contributed by atoms with Gasteiger partial charge in [0.25, 0.3) is 6.43 Å². The number of carbonyl (C=O) groups is 1. The highest BCUT2D eigenvalue weighted by Crippen LogP contribution is 2.30. The van der Waals surface area contributed by atoms with E-state index in [1.54, 1.807) is 0 Å². The van der Waals surface area contributed by atoms with Gasteiger partial charge in [-0.15, -0.1) is 0 Å². The van der Waals surface area contributed by atoms with Gasteiger partial charge in [-0.3, -0.25) is 4.79 Å². The van der Waals surface area contributed by atoms with E-state index >= 15 is 0 Å². The maximum atomic E-state index is 12.4. The number of methoxy groups -OCH3 is 1. The third-order valence-electron chi connectivity index (χ3n) is 1.82. The maximum Gasteiger partial charge on any atom is 0.308 e. The van der Waals surface area contributed by atoms with Crippen LogP contribution in [0.4, 0.5) is 8.78 Å². The Kier molecular flexibility index (Phi) is 4.17. The summed E-state index contributed by atoms with van der Waals surface area (Å²) in [6.07, 6.45) is -3.08. The van der Waals surface area contributed by atoms with Crippen LogP contribution in [-0.4, -0.2) is 23.2 Å². The SMILES string of the molecule is COc1cc(C(F)F)nc(Br)c1CC(=O)O. The van der Waals surface area contributed by atoms with E-state index in [9.17, 15) is 13.6 Å². The first-order valence-corrected chi connectivity index (χ1v) is 4.98. The average molecular weight is 296 g/mol. The number of hydrogen-bond acceptors (Lipinski definition) is 3. The number of halogens is 3. The van der Waals surface area contributed by atoms with E-state index in [1.807, 2.05) is 0 Å². The number of carboxylic acid groups (broad SMARTS) is 1. The molecule has 4 nitrogen and oxygen atoms in total. The summed E-state index contributed by atoms with van der Waals surface area (Å²) in [6, 6.07) is 1.04. The third kappa shape index (κ3) is 2.88. The number of hydrogen-bond donors (Lipinski definition) is 1. The molecule has 0 aromatic carbocycles. The Morgan fingerprint density at radius 3 is 2.75 bits per heavy atom. The lowest BCUT2D eigenvalue weighted by atomic mass is 10.1. The highest BCUT2D eigenvalue weighted by molar-refractivity contribution is 9.10. The molecule has 1 aromatic heterocycles. The van der Waals surface area contributed by atoms with Crippen molar-refractivity contribution in [1.29, 1.82) is 0 Å². The van der Waals surface area contributed by atoms with Crippen LogP contribution in [0.3, 0.4) is 0 Å². The van der Waals surface area contributed by atoms with Crippen molar-refractivity contribution in [1.82, 2.24) is 4.98 Å². The van der Waals surface area contributed by atoms with E-state index in [-0.39, 0.29) is 22.3 Å². The van der Waals surface area contributed by atoms with E-state index in [1.165, 1.54) is 7.11 Å². The molecule has 0 aliphatic rings. The molecule has 1 rings (SSSR count). The van der Waals surface area contributed by atoms with Crippen molar-refractivity contribution in [3.8, 4) is 5.75 Å². The summed E-state index contributed by atoms with van der Waals surface area (Å²) in [6.45, 7) is 0. The summed E-state index contributed by atoms with van der Waals surface area (Å²) in [5, 5.41) is 8.64. The molecule has 0 fully saturated rings. The van der Waals surface area contributed by atoms with Crippen LogP contribution in [0, 0.1) is 0 Å². The molecule has 0 aliphatic heterocycles. The van der Waals surface area contributed by atoms with Gasteiger partial charge >= 0.3 is 5.97 Å². The zero-order chi connectivity index (χ0) is 12.3. The monoisotopic (exact) mass is 295 g/mol. The van der Waals surface area contributed by atoms with Gasteiger partial charge in [-0.05, 0) is 15.9 Å². The molecule has 0 bridgehead atoms. The standard InChI is InChI=1S/C9H8BrF2NO3/c1-16-6-3-5(9(11)12)13-8(10)4(6)2-7(14)15/h3,9H,2H2,1H3,(H,14,15). The Morgan fingerprint density at radius 1 is 1.69 bits per heavy atom. The fourth-order valence-corrected chi connectivity index (χ4v) is 1.68. The minimum atomic E-state index is -2.73. The van der Waals surface area contributed by atoms with Crippen LogP contribution < -0.4 is 4.74 Å². The number of rotatable bonds is 4. The molecule has 0 saturated heterocycles. The number of ether oxygens (including phenoxy) is 1. The molecule has 0 spiro atoms. The largest absolute Gasteiger partial charge is 0.496 e. The molecule has 0 amide bonds. The van der Waals surface area contributed by atoms with Crippen molar-refractivity contribution < 1.29 is 23.4 Å². The molecule has 16 heavy (non-hydrogen) atoms. The summed E-state index contributed by atoms with van der Waals surface area (Å²) in [5.74, 6) is -1.01.